The van der Waals surface area contributed by atoms with Crippen LogP contribution in [-0.4, -0.2) is 35.4 Å². The van der Waals surface area contributed by atoms with Crippen LogP contribution in [0, 0.1) is 0 Å². The van der Waals surface area contributed by atoms with Crippen LogP contribution in [-0.2, 0) is 0 Å². The third-order valence-electron chi connectivity index (χ3n) is 3.59. The highest BCUT2D eigenvalue weighted by Gasteiger charge is 2.39. The summed E-state index contributed by atoms with van der Waals surface area (Å²) in [7, 11) is 0. The Balaban J connectivity index is 2.06. The van der Waals surface area contributed by atoms with Crippen molar-refractivity contribution in [1.82, 2.24) is 15.2 Å². The molecule has 3 rings (SSSR count). The predicted octanol–water partition coefficient (Wildman–Crippen LogP) is 1.31. The highest BCUT2D eigenvalue weighted by molar-refractivity contribution is 5.98. The number of aromatic nitrogens is 1. The number of pyridine rings is 1. The van der Waals surface area contributed by atoms with Crippen molar-refractivity contribution in [2.45, 2.75) is 25.8 Å². The van der Waals surface area contributed by atoms with Crippen LogP contribution in [0.25, 0.3) is 0 Å². The molecule has 0 saturated carbocycles. The summed E-state index contributed by atoms with van der Waals surface area (Å²) in [6, 6.07) is 4.07. The number of carbonyl (C=O) groups is 1. The van der Waals surface area contributed by atoms with Gasteiger partial charge in [-0.05, 0) is 18.1 Å². The van der Waals surface area contributed by atoms with Crippen molar-refractivity contribution in [3.63, 3.8) is 0 Å². The van der Waals surface area contributed by atoms with Gasteiger partial charge in [-0.1, -0.05) is 13.8 Å². The Hall–Kier alpha value is -1.42. The van der Waals surface area contributed by atoms with Crippen molar-refractivity contribution in [1.29, 1.82) is 0 Å². The van der Waals surface area contributed by atoms with Crippen LogP contribution in [0.4, 0.5) is 0 Å². The number of amides is 1. The fourth-order valence-electron chi connectivity index (χ4n) is 2.59. The summed E-state index contributed by atoms with van der Waals surface area (Å²) in [5, 5.41) is 3.33. The molecule has 0 aliphatic carbocycles. The molecular weight excluding hydrogens is 214 g/mol. The van der Waals surface area contributed by atoms with Crippen LogP contribution in [0.5, 0.6) is 0 Å². The second kappa shape index (κ2) is 3.81. The van der Waals surface area contributed by atoms with Gasteiger partial charge in [0.15, 0.2) is 0 Å². The number of hydrogen-bond donors (Lipinski definition) is 1. The number of nitrogens with one attached hydrogen (secondary N) is 1. The van der Waals surface area contributed by atoms with Gasteiger partial charge in [0.2, 0.25) is 0 Å². The quantitative estimate of drug-likeness (QED) is 0.792. The Bertz CT molecular complexity index is 470. The number of hydrogen-bond acceptors (Lipinski definition) is 3. The van der Waals surface area contributed by atoms with Crippen LogP contribution < -0.4 is 5.32 Å². The molecule has 1 fully saturated rings. The van der Waals surface area contributed by atoms with Gasteiger partial charge in [0.25, 0.3) is 5.91 Å². The fraction of sp³-hybridized carbons (Fsp3) is 0.538. The molecule has 1 N–H and O–H groups in total. The Morgan fingerprint density at radius 1 is 1.47 bits per heavy atom. The van der Waals surface area contributed by atoms with E-state index in [9.17, 15) is 4.79 Å². The van der Waals surface area contributed by atoms with Crippen molar-refractivity contribution in [3.05, 3.63) is 29.1 Å². The van der Waals surface area contributed by atoms with Crippen molar-refractivity contribution < 1.29 is 4.79 Å². The first kappa shape index (κ1) is 10.7. The fourth-order valence-corrected chi connectivity index (χ4v) is 2.59. The molecule has 1 unspecified atom stereocenters. The van der Waals surface area contributed by atoms with Crippen LogP contribution in [0.2, 0.25) is 0 Å². The Labute approximate surface area is 101 Å². The minimum Gasteiger partial charge on any atom is -0.327 e. The smallest absolute Gasteiger partial charge is 0.256 e. The van der Waals surface area contributed by atoms with Gasteiger partial charge < -0.3 is 10.2 Å². The van der Waals surface area contributed by atoms with Crippen molar-refractivity contribution in [3.8, 4) is 0 Å². The molecule has 0 spiro atoms. The van der Waals surface area contributed by atoms with E-state index in [4.69, 9.17) is 0 Å². The van der Waals surface area contributed by atoms with Gasteiger partial charge in [-0.25, -0.2) is 0 Å². The first-order chi connectivity index (χ1) is 8.18. The molecular formula is C13H17N3O. The van der Waals surface area contributed by atoms with E-state index in [0.29, 0.717) is 5.92 Å². The summed E-state index contributed by atoms with van der Waals surface area (Å²) < 4.78 is 0. The number of carbonyl (C=O) groups excluding carboxylic acids is 1. The van der Waals surface area contributed by atoms with Crippen LogP contribution in [0.1, 0.15) is 47.6 Å². The van der Waals surface area contributed by atoms with Gasteiger partial charge in [-0.15, -0.1) is 0 Å². The van der Waals surface area contributed by atoms with E-state index >= 15 is 0 Å². The molecule has 0 radical (unpaired) electrons. The maximum absolute atomic E-state index is 12.2. The highest BCUT2D eigenvalue weighted by Crippen LogP contribution is 2.33. The molecule has 4 heteroatoms. The molecule has 90 valence electrons. The molecule has 0 bridgehead atoms. The molecule has 1 atom stereocenters. The second-order valence-electron chi connectivity index (χ2n) is 5.04. The molecule has 2 aliphatic heterocycles. The lowest BCUT2D eigenvalue weighted by atomic mass is 10.1. The SMILES string of the molecule is CC(C)c1ccc2c(n1)C1CNCCN1C2=O. The summed E-state index contributed by atoms with van der Waals surface area (Å²) in [5.74, 6) is 0.551. The average Bonchev–Trinajstić information content (AvgIpc) is 2.64. The maximum Gasteiger partial charge on any atom is 0.256 e. The van der Waals surface area contributed by atoms with Gasteiger partial charge in [-0.3, -0.25) is 9.78 Å². The Morgan fingerprint density at radius 3 is 3.06 bits per heavy atom. The standard InChI is InChI=1S/C13H17N3O/c1-8(2)10-4-3-9-12(15-10)11-7-14-5-6-16(11)13(9)17/h3-4,8,11,14H,5-7H2,1-2H3. The summed E-state index contributed by atoms with van der Waals surface area (Å²) in [5.41, 5.74) is 2.83. The summed E-state index contributed by atoms with van der Waals surface area (Å²) in [4.78, 5) is 18.8. The first-order valence-corrected chi connectivity index (χ1v) is 6.21. The molecule has 3 heterocycles. The van der Waals surface area contributed by atoms with E-state index in [0.717, 1.165) is 36.6 Å². The van der Waals surface area contributed by atoms with Crippen LogP contribution in [0.15, 0.2) is 12.1 Å². The number of rotatable bonds is 1. The number of fused-ring (bicyclic) bond motifs is 3. The van der Waals surface area contributed by atoms with E-state index in [1.54, 1.807) is 0 Å². The van der Waals surface area contributed by atoms with E-state index in [1.807, 2.05) is 17.0 Å². The Morgan fingerprint density at radius 2 is 2.29 bits per heavy atom. The summed E-state index contributed by atoms with van der Waals surface area (Å²) >= 11 is 0. The van der Waals surface area contributed by atoms with Gasteiger partial charge in [0, 0.05) is 25.3 Å². The second-order valence-corrected chi connectivity index (χ2v) is 5.04. The molecule has 1 amide bonds. The molecule has 1 aromatic heterocycles. The van der Waals surface area contributed by atoms with Gasteiger partial charge in [0.1, 0.15) is 0 Å². The summed E-state index contributed by atoms with van der Waals surface area (Å²) in [6.07, 6.45) is 0. The van der Waals surface area contributed by atoms with Gasteiger partial charge in [0.05, 0.1) is 17.3 Å². The number of nitrogens with zero attached hydrogens (tertiary/aromatic N) is 2. The normalized spacial score (nSPS) is 22.9. The largest absolute Gasteiger partial charge is 0.327 e. The monoisotopic (exact) mass is 231 g/mol. The lowest BCUT2D eigenvalue weighted by molar-refractivity contribution is 0.0689. The Kier molecular flexibility index (Phi) is 2.40. The molecule has 4 nitrogen and oxygen atoms in total. The van der Waals surface area contributed by atoms with E-state index in [2.05, 4.69) is 24.1 Å². The lowest BCUT2D eigenvalue weighted by Crippen LogP contribution is -2.44. The van der Waals surface area contributed by atoms with Crippen molar-refractivity contribution in [2.75, 3.05) is 19.6 Å². The van der Waals surface area contributed by atoms with E-state index < -0.39 is 0 Å². The maximum atomic E-state index is 12.2. The zero-order valence-corrected chi connectivity index (χ0v) is 10.2. The zero-order valence-electron chi connectivity index (χ0n) is 10.2. The minimum atomic E-state index is 0.143. The van der Waals surface area contributed by atoms with Crippen LogP contribution >= 0.6 is 0 Å². The van der Waals surface area contributed by atoms with E-state index in [-0.39, 0.29) is 11.9 Å². The lowest BCUT2D eigenvalue weighted by Gasteiger charge is -2.30. The topological polar surface area (TPSA) is 45.2 Å². The van der Waals surface area contributed by atoms with Gasteiger partial charge in [-0.2, -0.15) is 0 Å². The van der Waals surface area contributed by atoms with Crippen molar-refractivity contribution >= 4 is 5.91 Å². The molecule has 0 aromatic carbocycles. The molecule has 1 aromatic rings. The molecule has 2 aliphatic rings. The molecule has 17 heavy (non-hydrogen) atoms. The number of piperazine rings is 1. The van der Waals surface area contributed by atoms with Crippen molar-refractivity contribution in [2.24, 2.45) is 0 Å². The van der Waals surface area contributed by atoms with E-state index in [1.165, 1.54) is 0 Å². The predicted molar refractivity (Wildman–Crippen MR) is 65.0 cm³/mol. The molecule has 1 saturated heterocycles. The minimum absolute atomic E-state index is 0.143. The van der Waals surface area contributed by atoms with Crippen LogP contribution in [0.3, 0.4) is 0 Å². The third kappa shape index (κ3) is 1.55. The average molecular weight is 231 g/mol. The summed E-state index contributed by atoms with van der Waals surface area (Å²) in [6.45, 7) is 6.75. The zero-order chi connectivity index (χ0) is 12.0. The third-order valence-corrected chi connectivity index (χ3v) is 3.59. The highest BCUT2D eigenvalue weighted by atomic mass is 16.2. The van der Waals surface area contributed by atoms with Gasteiger partial charge >= 0.3 is 0 Å². The first-order valence-electron chi connectivity index (χ1n) is 6.21.